The lowest BCUT2D eigenvalue weighted by atomic mass is 10.1. The summed E-state index contributed by atoms with van der Waals surface area (Å²) in [4.78, 5) is 6.16. The molecule has 0 spiro atoms. The zero-order valence-electron chi connectivity index (χ0n) is 7.11. The number of likely N-dealkylation sites (tertiary alicyclic amines) is 1. The molecule has 2 heterocycles. The van der Waals surface area contributed by atoms with Gasteiger partial charge in [0.15, 0.2) is 0 Å². The van der Waals surface area contributed by atoms with Crippen LogP contribution in [0.2, 0.25) is 0 Å². The molecule has 0 radical (unpaired) electrons. The predicted octanol–water partition coefficient (Wildman–Crippen LogP) is 2.01. The smallest absolute Gasteiger partial charge is 0.0271 e. The van der Waals surface area contributed by atoms with Crippen molar-refractivity contribution >= 4 is 0 Å². The third-order valence-corrected chi connectivity index (χ3v) is 2.45. The van der Waals surface area contributed by atoms with E-state index in [1.807, 2.05) is 12.4 Å². The van der Waals surface area contributed by atoms with Gasteiger partial charge in [0, 0.05) is 18.4 Å². The molecule has 0 aliphatic carbocycles. The second kappa shape index (κ2) is 3.23. The number of nitrogens with zero attached hydrogens (tertiary/aromatic N) is 2. The van der Waals surface area contributed by atoms with Crippen molar-refractivity contribution in [3.05, 3.63) is 37.1 Å². The first-order valence-corrected chi connectivity index (χ1v) is 4.35. The summed E-state index contributed by atoms with van der Waals surface area (Å²) in [6, 6.07) is 4.68. The number of pyridine rings is 1. The van der Waals surface area contributed by atoms with E-state index in [-0.39, 0.29) is 0 Å². The average molecular weight is 161 g/mol. The zero-order valence-corrected chi connectivity index (χ0v) is 7.11. The molecule has 1 fully saturated rings. The molecule has 0 saturated carbocycles. The Hall–Kier alpha value is -0.890. The fraction of sp³-hybridized carbons (Fsp3) is 0.400. The molecule has 1 aromatic heterocycles. The summed E-state index contributed by atoms with van der Waals surface area (Å²) < 4.78 is 0. The molecular weight excluding hydrogens is 148 g/mol. The van der Waals surface area contributed by atoms with Crippen molar-refractivity contribution in [2.45, 2.75) is 18.9 Å². The molecule has 1 atom stereocenters. The van der Waals surface area contributed by atoms with Gasteiger partial charge in [0.25, 0.3) is 0 Å². The third-order valence-electron chi connectivity index (χ3n) is 2.45. The first kappa shape index (κ1) is 7.74. The van der Waals surface area contributed by atoms with Crippen LogP contribution in [0, 0.1) is 7.05 Å². The molecule has 0 N–H and O–H groups in total. The Bertz CT molecular complexity index is 245. The lowest BCUT2D eigenvalue weighted by molar-refractivity contribution is 0.352. The van der Waals surface area contributed by atoms with E-state index in [0.717, 1.165) is 6.54 Å². The van der Waals surface area contributed by atoms with Gasteiger partial charge in [-0.05, 0) is 37.1 Å². The van der Waals surface area contributed by atoms with Crippen LogP contribution in [0.4, 0.5) is 0 Å². The second-order valence-corrected chi connectivity index (χ2v) is 3.25. The molecule has 12 heavy (non-hydrogen) atoms. The van der Waals surface area contributed by atoms with Crippen LogP contribution in [0.5, 0.6) is 0 Å². The topological polar surface area (TPSA) is 16.1 Å². The van der Waals surface area contributed by atoms with Gasteiger partial charge in [-0.25, -0.2) is 0 Å². The van der Waals surface area contributed by atoms with Crippen LogP contribution >= 0.6 is 0 Å². The van der Waals surface area contributed by atoms with Crippen LogP contribution < -0.4 is 0 Å². The van der Waals surface area contributed by atoms with Crippen molar-refractivity contribution < 1.29 is 0 Å². The molecular formula is C10H13N2-. The monoisotopic (exact) mass is 161 g/mol. The second-order valence-electron chi connectivity index (χ2n) is 3.25. The Labute approximate surface area is 73.2 Å². The number of hydrogen-bond acceptors (Lipinski definition) is 2. The van der Waals surface area contributed by atoms with Crippen molar-refractivity contribution in [2.24, 2.45) is 0 Å². The molecule has 1 aliphatic rings. The maximum Gasteiger partial charge on any atom is 0.0271 e. The average Bonchev–Trinajstić information content (AvgIpc) is 2.53. The Kier molecular flexibility index (Phi) is 2.09. The summed E-state index contributed by atoms with van der Waals surface area (Å²) >= 11 is 0. The lowest BCUT2D eigenvalue weighted by Gasteiger charge is -2.27. The number of rotatable bonds is 1. The minimum absolute atomic E-state index is 0.521. The molecule has 0 amide bonds. The highest BCUT2D eigenvalue weighted by Crippen LogP contribution is 2.29. The standard InChI is InChI=1S/C10H13N2/c1-12-8-2-3-10(12)9-4-6-11-7-5-9/h4-7,10H,1-3,8H2/q-1. The molecule has 2 nitrogen and oxygen atoms in total. The summed E-state index contributed by atoms with van der Waals surface area (Å²) in [7, 11) is 4.01. The van der Waals surface area contributed by atoms with Gasteiger partial charge in [-0.15, -0.1) is 0 Å². The van der Waals surface area contributed by atoms with Crippen molar-refractivity contribution in [3.8, 4) is 0 Å². The van der Waals surface area contributed by atoms with Crippen LogP contribution in [0.3, 0.4) is 0 Å². The van der Waals surface area contributed by atoms with E-state index in [0.29, 0.717) is 6.04 Å². The molecule has 1 unspecified atom stereocenters. The molecule has 1 saturated heterocycles. The van der Waals surface area contributed by atoms with E-state index >= 15 is 0 Å². The first-order chi connectivity index (χ1) is 5.88. The Morgan fingerprint density at radius 2 is 2.17 bits per heavy atom. The third kappa shape index (κ3) is 1.34. The highest BCUT2D eigenvalue weighted by Gasteiger charge is 2.17. The van der Waals surface area contributed by atoms with Gasteiger partial charge >= 0.3 is 0 Å². The van der Waals surface area contributed by atoms with E-state index in [1.54, 1.807) is 0 Å². The molecule has 0 bridgehead atoms. The molecule has 2 heteroatoms. The molecule has 1 aliphatic heterocycles. The van der Waals surface area contributed by atoms with Crippen LogP contribution in [0.1, 0.15) is 24.4 Å². The molecule has 1 aromatic rings. The quantitative estimate of drug-likeness (QED) is 0.586. The van der Waals surface area contributed by atoms with Crippen molar-refractivity contribution in [3.63, 3.8) is 0 Å². The Morgan fingerprint density at radius 3 is 2.75 bits per heavy atom. The van der Waals surface area contributed by atoms with Gasteiger partial charge < -0.3 is 4.90 Å². The van der Waals surface area contributed by atoms with Gasteiger partial charge in [0.05, 0.1) is 0 Å². The Morgan fingerprint density at radius 1 is 1.42 bits per heavy atom. The van der Waals surface area contributed by atoms with E-state index in [9.17, 15) is 0 Å². The predicted molar refractivity (Wildman–Crippen MR) is 48.3 cm³/mol. The van der Waals surface area contributed by atoms with Crippen molar-refractivity contribution in [2.75, 3.05) is 6.54 Å². The SMILES string of the molecule is [CH2-]N1CCCC1c1ccncc1. The minimum atomic E-state index is 0.521. The lowest BCUT2D eigenvalue weighted by Crippen LogP contribution is -2.14. The summed E-state index contributed by atoms with van der Waals surface area (Å²) in [6.45, 7) is 1.12. The van der Waals surface area contributed by atoms with E-state index < -0.39 is 0 Å². The first-order valence-electron chi connectivity index (χ1n) is 4.35. The van der Waals surface area contributed by atoms with Crippen LogP contribution in [-0.2, 0) is 0 Å². The maximum absolute atomic E-state index is 4.01. The van der Waals surface area contributed by atoms with Crippen LogP contribution in [0.25, 0.3) is 0 Å². The van der Waals surface area contributed by atoms with Gasteiger partial charge in [-0.2, -0.15) is 0 Å². The van der Waals surface area contributed by atoms with E-state index in [1.165, 1.54) is 18.4 Å². The summed E-state index contributed by atoms with van der Waals surface area (Å²) in [5, 5.41) is 0. The maximum atomic E-state index is 4.01. The van der Waals surface area contributed by atoms with Crippen LogP contribution in [0.15, 0.2) is 24.5 Å². The summed E-state index contributed by atoms with van der Waals surface area (Å²) in [5.74, 6) is 0. The van der Waals surface area contributed by atoms with E-state index in [4.69, 9.17) is 0 Å². The normalized spacial score (nSPS) is 24.6. The van der Waals surface area contributed by atoms with Gasteiger partial charge in [0.2, 0.25) is 0 Å². The summed E-state index contributed by atoms with van der Waals surface area (Å²) in [6.07, 6.45) is 6.19. The largest absolute Gasteiger partial charge is 0.453 e. The fourth-order valence-electron chi connectivity index (χ4n) is 1.79. The van der Waals surface area contributed by atoms with Gasteiger partial charge in [-0.3, -0.25) is 12.0 Å². The zero-order chi connectivity index (χ0) is 8.39. The van der Waals surface area contributed by atoms with Crippen LogP contribution in [-0.4, -0.2) is 16.4 Å². The van der Waals surface area contributed by atoms with E-state index in [2.05, 4.69) is 29.1 Å². The van der Waals surface area contributed by atoms with Crippen molar-refractivity contribution in [1.82, 2.24) is 9.88 Å². The molecule has 0 aromatic carbocycles. The summed E-state index contributed by atoms with van der Waals surface area (Å²) in [5.41, 5.74) is 1.34. The molecule has 64 valence electrons. The molecule has 2 rings (SSSR count). The van der Waals surface area contributed by atoms with Gasteiger partial charge in [-0.1, -0.05) is 0 Å². The van der Waals surface area contributed by atoms with Gasteiger partial charge in [0.1, 0.15) is 0 Å². The minimum Gasteiger partial charge on any atom is -0.453 e. The van der Waals surface area contributed by atoms with Crippen molar-refractivity contribution in [1.29, 1.82) is 0 Å². The highest BCUT2D eigenvalue weighted by atomic mass is 15.1. The Balaban J connectivity index is 2.19. The number of hydrogen-bond donors (Lipinski definition) is 0. The number of aromatic nitrogens is 1. The fourth-order valence-corrected chi connectivity index (χ4v) is 1.79. The highest BCUT2D eigenvalue weighted by molar-refractivity contribution is 5.16.